The summed E-state index contributed by atoms with van der Waals surface area (Å²) in [5.41, 5.74) is 0. The van der Waals surface area contributed by atoms with Gasteiger partial charge in [-0.2, -0.15) is 0 Å². The van der Waals surface area contributed by atoms with Crippen LogP contribution in [0.3, 0.4) is 0 Å². The van der Waals surface area contributed by atoms with E-state index in [-0.39, 0.29) is 18.3 Å². The fourth-order valence-electron chi connectivity index (χ4n) is 2.25. The van der Waals surface area contributed by atoms with Gasteiger partial charge in [0.2, 0.25) is 5.91 Å². The van der Waals surface area contributed by atoms with Crippen molar-refractivity contribution in [2.24, 2.45) is 11.8 Å². The van der Waals surface area contributed by atoms with E-state index in [4.69, 9.17) is 0 Å². The molecule has 1 amide bonds. The summed E-state index contributed by atoms with van der Waals surface area (Å²) in [6, 6.07) is 0.324. The first kappa shape index (κ1) is 16.7. The first-order valence-electron chi connectivity index (χ1n) is 6.53. The van der Waals surface area contributed by atoms with Gasteiger partial charge in [-0.25, -0.2) is 0 Å². The largest absolute Gasteiger partial charge is 0.340 e. The van der Waals surface area contributed by atoms with E-state index < -0.39 is 0 Å². The third-order valence-corrected chi connectivity index (χ3v) is 3.16. The van der Waals surface area contributed by atoms with Crippen molar-refractivity contribution in [3.8, 4) is 0 Å². The molecule has 0 aromatic rings. The van der Waals surface area contributed by atoms with Gasteiger partial charge in [0, 0.05) is 18.5 Å². The molecule has 1 fully saturated rings. The standard InChI is InChI=1S/C13H26N2O.ClH/c1-10(2)9-15(11(3)4)13(16)12-5-7-14-8-6-12;/h10-12,14H,5-9H2,1-4H3;1H. The molecule has 3 nitrogen and oxygen atoms in total. The fraction of sp³-hybridized carbons (Fsp3) is 0.923. The minimum atomic E-state index is 0. The van der Waals surface area contributed by atoms with Crippen molar-refractivity contribution in [1.82, 2.24) is 10.2 Å². The highest BCUT2D eigenvalue weighted by Crippen LogP contribution is 2.17. The van der Waals surface area contributed by atoms with E-state index in [1.54, 1.807) is 0 Å². The van der Waals surface area contributed by atoms with Crippen LogP contribution in [0.1, 0.15) is 40.5 Å². The van der Waals surface area contributed by atoms with Crippen molar-refractivity contribution in [1.29, 1.82) is 0 Å². The summed E-state index contributed by atoms with van der Waals surface area (Å²) in [4.78, 5) is 14.4. The number of carbonyl (C=O) groups excluding carboxylic acids is 1. The summed E-state index contributed by atoms with van der Waals surface area (Å²) in [5, 5.41) is 3.31. The van der Waals surface area contributed by atoms with Gasteiger partial charge in [0.15, 0.2) is 0 Å². The Morgan fingerprint density at radius 1 is 1.24 bits per heavy atom. The van der Waals surface area contributed by atoms with E-state index in [2.05, 4.69) is 37.9 Å². The Hall–Kier alpha value is -0.280. The maximum Gasteiger partial charge on any atom is 0.226 e. The van der Waals surface area contributed by atoms with Crippen LogP contribution in [0.2, 0.25) is 0 Å². The molecule has 1 aliphatic heterocycles. The van der Waals surface area contributed by atoms with Gasteiger partial charge < -0.3 is 10.2 Å². The van der Waals surface area contributed by atoms with Crippen molar-refractivity contribution in [2.75, 3.05) is 19.6 Å². The van der Waals surface area contributed by atoms with Crippen LogP contribution in [-0.4, -0.2) is 36.5 Å². The average molecular weight is 263 g/mol. The van der Waals surface area contributed by atoms with Crippen LogP contribution < -0.4 is 5.32 Å². The van der Waals surface area contributed by atoms with Gasteiger partial charge in [0.1, 0.15) is 0 Å². The molecule has 0 aromatic heterocycles. The molecule has 0 aromatic carbocycles. The Kier molecular flexibility index (Phi) is 7.80. The zero-order chi connectivity index (χ0) is 12.1. The highest BCUT2D eigenvalue weighted by atomic mass is 35.5. The number of rotatable bonds is 4. The maximum absolute atomic E-state index is 12.4. The number of hydrogen-bond donors (Lipinski definition) is 1. The van der Waals surface area contributed by atoms with Crippen LogP contribution >= 0.6 is 12.4 Å². The van der Waals surface area contributed by atoms with E-state index in [1.165, 1.54) is 0 Å². The summed E-state index contributed by atoms with van der Waals surface area (Å²) >= 11 is 0. The second kappa shape index (κ2) is 7.93. The second-order valence-corrected chi connectivity index (χ2v) is 5.50. The van der Waals surface area contributed by atoms with E-state index in [0.29, 0.717) is 17.9 Å². The number of nitrogens with zero attached hydrogens (tertiary/aromatic N) is 1. The SMILES string of the molecule is CC(C)CN(C(=O)C1CCNCC1)C(C)C.Cl. The van der Waals surface area contributed by atoms with Gasteiger partial charge in [-0.1, -0.05) is 13.8 Å². The van der Waals surface area contributed by atoms with Gasteiger partial charge in [-0.15, -0.1) is 12.4 Å². The number of hydrogen-bond acceptors (Lipinski definition) is 2. The maximum atomic E-state index is 12.4. The molecule has 0 aliphatic carbocycles. The van der Waals surface area contributed by atoms with Crippen LogP contribution in [0.4, 0.5) is 0 Å². The quantitative estimate of drug-likeness (QED) is 0.843. The molecule has 4 heteroatoms. The lowest BCUT2D eigenvalue weighted by Crippen LogP contribution is -2.45. The Morgan fingerprint density at radius 3 is 2.18 bits per heavy atom. The molecular weight excluding hydrogens is 236 g/mol. The lowest BCUT2D eigenvalue weighted by Gasteiger charge is -2.33. The molecule has 1 heterocycles. The van der Waals surface area contributed by atoms with Gasteiger partial charge in [0.05, 0.1) is 0 Å². The highest BCUT2D eigenvalue weighted by Gasteiger charge is 2.27. The van der Waals surface area contributed by atoms with Crippen LogP contribution in [-0.2, 0) is 4.79 Å². The summed E-state index contributed by atoms with van der Waals surface area (Å²) in [6.45, 7) is 11.4. The molecule has 1 rings (SSSR count). The number of carbonyl (C=O) groups is 1. The molecular formula is C13H27ClN2O. The summed E-state index contributed by atoms with van der Waals surface area (Å²) in [5.74, 6) is 1.17. The normalized spacial score (nSPS) is 17.1. The Bertz CT molecular complexity index is 225. The lowest BCUT2D eigenvalue weighted by molar-refractivity contribution is -0.138. The molecule has 17 heavy (non-hydrogen) atoms. The van der Waals surface area contributed by atoms with E-state index in [0.717, 1.165) is 32.5 Å². The first-order chi connectivity index (χ1) is 7.52. The number of nitrogens with one attached hydrogen (secondary N) is 1. The summed E-state index contributed by atoms with van der Waals surface area (Å²) in [6.07, 6.45) is 2.00. The molecule has 0 bridgehead atoms. The lowest BCUT2D eigenvalue weighted by atomic mass is 9.95. The molecule has 0 atom stereocenters. The summed E-state index contributed by atoms with van der Waals surface area (Å²) < 4.78 is 0. The highest BCUT2D eigenvalue weighted by molar-refractivity contribution is 5.85. The number of halogens is 1. The Morgan fingerprint density at radius 2 is 1.76 bits per heavy atom. The first-order valence-corrected chi connectivity index (χ1v) is 6.53. The minimum Gasteiger partial charge on any atom is -0.340 e. The van der Waals surface area contributed by atoms with Crippen molar-refractivity contribution < 1.29 is 4.79 Å². The van der Waals surface area contributed by atoms with E-state index in [1.807, 2.05) is 0 Å². The van der Waals surface area contributed by atoms with Crippen molar-refractivity contribution in [3.05, 3.63) is 0 Å². The molecule has 1 saturated heterocycles. The zero-order valence-corrected chi connectivity index (χ0v) is 12.3. The second-order valence-electron chi connectivity index (χ2n) is 5.50. The van der Waals surface area contributed by atoms with E-state index >= 15 is 0 Å². The molecule has 0 radical (unpaired) electrons. The Balaban J connectivity index is 0.00000256. The van der Waals surface area contributed by atoms with Gasteiger partial charge in [0.25, 0.3) is 0 Å². The predicted molar refractivity (Wildman–Crippen MR) is 74.5 cm³/mol. The smallest absolute Gasteiger partial charge is 0.226 e. The summed E-state index contributed by atoms with van der Waals surface area (Å²) in [7, 11) is 0. The van der Waals surface area contributed by atoms with Crippen molar-refractivity contribution in [2.45, 2.75) is 46.6 Å². The molecule has 1 N–H and O–H groups in total. The predicted octanol–water partition coefficient (Wildman–Crippen LogP) is 2.30. The zero-order valence-electron chi connectivity index (χ0n) is 11.5. The molecule has 1 aliphatic rings. The van der Waals surface area contributed by atoms with Crippen molar-refractivity contribution in [3.63, 3.8) is 0 Å². The molecule has 0 spiro atoms. The third kappa shape index (κ3) is 5.26. The van der Waals surface area contributed by atoms with Crippen LogP contribution in [0, 0.1) is 11.8 Å². The number of amides is 1. The van der Waals surface area contributed by atoms with E-state index in [9.17, 15) is 4.79 Å². The average Bonchev–Trinajstić information content (AvgIpc) is 2.25. The van der Waals surface area contributed by atoms with Gasteiger partial charge >= 0.3 is 0 Å². The topological polar surface area (TPSA) is 32.3 Å². The van der Waals surface area contributed by atoms with Gasteiger partial charge in [-0.3, -0.25) is 4.79 Å². The minimum absolute atomic E-state index is 0. The van der Waals surface area contributed by atoms with Crippen LogP contribution in [0.15, 0.2) is 0 Å². The Labute approximate surface area is 112 Å². The molecule has 102 valence electrons. The monoisotopic (exact) mass is 262 g/mol. The third-order valence-electron chi connectivity index (χ3n) is 3.16. The fourth-order valence-corrected chi connectivity index (χ4v) is 2.25. The van der Waals surface area contributed by atoms with Crippen molar-refractivity contribution >= 4 is 18.3 Å². The van der Waals surface area contributed by atoms with Gasteiger partial charge in [-0.05, 0) is 45.7 Å². The molecule has 0 unspecified atom stereocenters. The molecule has 0 saturated carbocycles. The number of piperidine rings is 1. The van der Waals surface area contributed by atoms with Crippen LogP contribution in [0.25, 0.3) is 0 Å². The van der Waals surface area contributed by atoms with Crippen LogP contribution in [0.5, 0.6) is 0 Å².